The lowest BCUT2D eigenvalue weighted by Gasteiger charge is -2.42. The van der Waals surface area contributed by atoms with Crippen molar-refractivity contribution >= 4 is 48.0 Å². The third-order valence-corrected chi connectivity index (χ3v) is 14.6. The second-order valence-electron chi connectivity index (χ2n) is 13.8. The molecule has 3 aromatic heterocycles. The topological polar surface area (TPSA) is 185 Å². The molecule has 50 heavy (non-hydrogen) atoms. The Morgan fingerprint density at radius 3 is 1.96 bits per heavy atom. The van der Waals surface area contributed by atoms with Gasteiger partial charge in [0, 0.05) is 4.47 Å². The molecule has 0 radical (unpaired) electrons. The molecule has 0 saturated carbocycles. The Morgan fingerprint density at radius 1 is 0.860 bits per heavy atom. The van der Waals surface area contributed by atoms with E-state index in [-0.39, 0.29) is 57.8 Å². The number of nitrogens with zero attached hydrogens (tertiary/aromatic N) is 3. The number of oxazole rings is 2. The zero-order valence-corrected chi connectivity index (χ0v) is 33.1. The number of methoxy groups -OCH3 is 1. The summed E-state index contributed by atoms with van der Waals surface area (Å²) in [5.41, 5.74) is -0.0436. The molecular weight excluding hydrogens is 730 g/mol. The Bertz CT molecular complexity index is 1640. The van der Waals surface area contributed by atoms with Crippen LogP contribution in [0.1, 0.15) is 119 Å². The number of carbonyl (C=O) groups is 4. The van der Waals surface area contributed by atoms with Crippen molar-refractivity contribution in [3.05, 3.63) is 52.1 Å². The molecule has 3 heterocycles. The summed E-state index contributed by atoms with van der Waals surface area (Å²) in [6.07, 6.45) is 2.82. The molecule has 274 valence electrons. The monoisotopic (exact) mass is 777 g/mol. The zero-order valence-electron chi connectivity index (χ0n) is 30.5. The van der Waals surface area contributed by atoms with Gasteiger partial charge in [0.2, 0.25) is 11.8 Å². The van der Waals surface area contributed by atoms with E-state index in [9.17, 15) is 19.2 Å². The SMILES string of the molecule is CCC(NC(=O)c1cc(Br)cc(C(=O)NC(CO[Si](C(C)C)(C(C)C)C(C)C)C(=O)OC(C)(C)C)n1)c1nc(-c2nc(C(=O)OC)co2)co1. The maximum Gasteiger partial charge on any atom is 0.360 e. The van der Waals surface area contributed by atoms with Crippen LogP contribution < -0.4 is 10.6 Å². The van der Waals surface area contributed by atoms with Gasteiger partial charge in [-0.1, -0.05) is 64.4 Å². The third kappa shape index (κ3) is 9.87. The van der Waals surface area contributed by atoms with E-state index in [0.29, 0.717) is 10.9 Å². The maximum atomic E-state index is 13.6. The summed E-state index contributed by atoms with van der Waals surface area (Å²) >= 11 is 3.37. The van der Waals surface area contributed by atoms with Crippen molar-refractivity contribution in [1.82, 2.24) is 25.6 Å². The molecule has 0 bridgehead atoms. The Balaban J connectivity index is 1.83. The molecular formula is C34H48BrN5O9Si. The second-order valence-corrected chi connectivity index (χ2v) is 20.2. The van der Waals surface area contributed by atoms with E-state index in [0.717, 1.165) is 6.26 Å². The molecule has 0 spiro atoms. The standard InChI is InChI=1S/C34H48BrN5O9Si/c1-12-22(30-39-25(15-46-30)31-40-26(16-47-31)32(43)45-11)37-28(41)23-13-21(35)14-24(36-23)29(42)38-27(33(44)49-34(8,9)10)17-48-50(18(2)3,19(4)5)20(6)7/h13-16,18-20,22,27H,12,17H2,1-11H3,(H,37,41)(H,38,42). The van der Waals surface area contributed by atoms with Crippen LogP contribution in [0.5, 0.6) is 0 Å². The Morgan fingerprint density at radius 2 is 1.44 bits per heavy atom. The van der Waals surface area contributed by atoms with Gasteiger partial charge in [-0.25, -0.2) is 24.5 Å². The van der Waals surface area contributed by atoms with Gasteiger partial charge in [-0.3, -0.25) is 9.59 Å². The van der Waals surface area contributed by atoms with E-state index in [1.807, 2.05) is 6.92 Å². The fourth-order valence-corrected chi connectivity index (χ4v) is 11.8. The minimum atomic E-state index is -2.40. The first kappa shape index (κ1) is 40.5. The van der Waals surface area contributed by atoms with E-state index in [1.165, 1.54) is 25.5 Å². The number of ether oxygens (including phenoxy) is 2. The fraction of sp³-hybridized carbons (Fsp3) is 0.559. The molecule has 2 amide bonds. The number of aromatic nitrogens is 3. The van der Waals surface area contributed by atoms with E-state index >= 15 is 0 Å². The van der Waals surface area contributed by atoms with Gasteiger partial charge in [-0.05, 0) is 55.9 Å². The van der Waals surface area contributed by atoms with Crippen LogP contribution in [0, 0.1) is 0 Å². The van der Waals surface area contributed by atoms with Crippen LogP contribution in [0.15, 0.2) is 38.0 Å². The molecule has 0 aliphatic carbocycles. The number of rotatable bonds is 15. The summed E-state index contributed by atoms with van der Waals surface area (Å²) in [7, 11) is -1.18. The molecule has 3 aromatic rings. The van der Waals surface area contributed by atoms with E-state index in [2.05, 4.69) is 87.8 Å². The van der Waals surface area contributed by atoms with Crippen molar-refractivity contribution < 1.29 is 41.9 Å². The quantitative estimate of drug-likeness (QED) is 0.122. The number of halogens is 1. The minimum Gasteiger partial charge on any atom is -0.464 e. The summed E-state index contributed by atoms with van der Waals surface area (Å²) in [6, 6.07) is 1.10. The zero-order chi connectivity index (χ0) is 37.6. The van der Waals surface area contributed by atoms with Crippen LogP contribution in [0.2, 0.25) is 16.6 Å². The van der Waals surface area contributed by atoms with Crippen LogP contribution in [0.3, 0.4) is 0 Å². The maximum absolute atomic E-state index is 13.6. The second kappa shape index (κ2) is 16.9. The molecule has 0 fully saturated rings. The molecule has 0 aliphatic rings. The van der Waals surface area contributed by atoms with E-state index < -0.39 is 49.8 Å². The fourth-order valence-electron chi connectivity index (χ4n) is 5.94. The molecule has 0 aromatic carbocycles. The predicted octanol–water partition coefficient (Wildman–Crippen LogP) is 6.79. The van der Waals surface area contributed by atoms with Gasteiger partial charge in [-0.15, -0.1) is 0 Å². The first-order chi connectivity index (χ1) is 23.3. The van der Waals surface area contributed by atoms with Crippen LogP contribution in [-0.4, -0.2) is 72.4 Å². The van der Waals surface area contributed by atoms with Crippen LogP contribution in [-0.2, 0) is 18.7 Å². The average molecular weight is 779 g/mol. The predicted molar refractivity (Wildman–Crippen MR) is 190 cm³/mol. The summed E-state index contributed by atoms with van der Waals surface area (Å²) in [6.45, 7) is 19.8. The van der Waals surface area contributed by atoms with Gasteiger partial charge >= 0.3 is 11.9 Å². The normalized spacial score (nSPS) is 13.3. The Labute approximate surface area is 302 Å². The minimum absolute atomic E-state index is 0.0328. The Kier molecular flexibility index (Phi) is 13.7. The number of pyridine rings is 1. The summed E-state index contributed by atoms with van der Waals surface area (Å²) in [5.74, 6) is -2.41. The van der Waals surface area contributed by atoms with E-state index in [1.54, 1.807) is 20.8 Å². The molecule has 3 rings (SSSR count). The lowest BCUT2D eigenvalue weighted by molar-refractivity contribution is -0.158. The van der Waals surface area contributed by atoms with Crippen LogP contribution in [0.25, 0.3) is 11.6 Å². The largest absolute Gasteiger partial charge is 0.464 e. The molecule has 0 saturated heterocycles. The van der Waals surface area contributed by atoms with Crippen LogP contribution in [0.4, 0.5) is 0 Å². The molecule has 2 atom stereocenters. The smallest absolute Gasteiger partial charge is 0.360 e. The van der Waals surface area contributed by atoms with Gasteiger partial charge < -0.3 is 33.4 Å². The number of nitrogens with one attached hydrogen (secondary N) is 2. The van der Waals surface area contributed by atoms with Gasteiger partial charge in [-0.2, -0.15) is 0 Å². The van der Waals surface area contributed by atoms with Crippen molar-refractivity contribution in [2.75, 3.05) is 13.7 Å². The lowest BCUT2D eigenvalue weighted by atomic mass is 10.2. The highest BCUT2D eigenvalue weighted by molar-refractivity contribution is 9.10. The van der Waals surface area contributed by atoms with Crippen molar-refractivity contribution in [2.24, 2.45) is 0 Å². The third-order valence-electron chi connectivity index (χ3n) is 8.11. The van der Waals surface area contributed by atoms with Crippen molar-refractivity contribution in [2.45, 2.75) is 110 Å². The summed E-state index contributed by atoms with van der Waals surface area (Å²) in [5, 5.41) is 5.57. The first-order valence-corrected chi connectivity index (χ1v) is 19.4. The average Bonchev–Trinajstić information content (AvgIpc) is 3.72. The molecule has 2 unspecified atom stereocenters. The van der Waals surface area contributed by atoms with E-state index in [4.69, 9.17) is 18.0 Å². The molecule has 16 heteroatoms. The first-order valence-electron chi connectivity index (χ1n) is 16.5. The van der Waals surface area contributed by atoms with Crippen molar-refractivity contribution in [1.29, 1.82) is 0 Å². The molecule has 14 nitrogen and oxygen atoms in total. The highest BCUT2D eigenvalue weighted by atomic mass is 79.9. The highest BCUT2D eigenvalue weighted by Gasteiger charge is 2.46. The van der Waals surface area contributed by atoms with Crippen molar-refractivity contribution in [3.8, 4) is 11.6 Å². The van der Waals surface area contributed by atoms with Gasteiger partial charge in [0.25, 0.3) is 11.8 Å². The number of carbonyl (C=O) groups excluding carboxylic acids is 4. The Hall–Kier alpha value is -3.89. The molecule has 0 aliphatic heterocycles. The number of amides is 2. The summed E-state index contributed by atoms with van der Waals surface area (Å²) < 4.78 is 28.3. The lowest BCUT2D eigenvalue weighted by Crippen LogP contribution is -2.53. The van der Waals surface area contributed by atoms with Gasteiger partial charge in [0.15, 0.2) is 19.7 Å². The van der Waals surface area contributed by atoms with Gasteiger partial charge in [0.1, 0.15) is 41.6 Å². The van der Waals surface area contributed by atoms with Crippen molar-refractivity contribution in [3.63, 3.8) is 0 Å². The molecule has 2 N–H and O–H groups in total. The highest BCUT2D eigenvalue weighted by Crippen LogP contribution is 2.42. The number of hydrogen-bond donors (Lipinski definition) is 2. The summed E-state index contributed by atoms with van der Waals surface area (Å²) in [4.78, 5) is 64.9. The van der Waals surface area contributed by atoms with Gasteiger partial charge in [0.05, 0.1) is 13.7 Å². The number of hydrogen-bond acceptors (Lipinski definition) is 12. The van der Waals surface area contributed by atoms with Crippen LogP contribution >= 0.6 is 15.9 Å². The number of esters is 2.